The van der Waals surface area contributed by atoms with Crippen LogP contribution >= 0.6 is 0 Å². The number of Topliss-reactive ketones (excluding diaryl/α,β-unsaturated/α-hetero) is 1. The Balaban J connectivity index is 1.55. The van der Waals surface area contributed by atoms with Gasteiger partial charge in [-0.1, -0.05) is 59.8 Å². The first kappa shape index (κ1) is 46.6. The molecule has 1 amide bonds. The van der Waals surface area contributed by atoms with Crippen molar-refractivity contribution >= 4 is 34.1 Å². The van der Waals surface area contributed by atoms with Crippen LogP contribution in [-0.2, 0) is 23.8 Å². The van der Waals surface area contributed by atoms with Gasteiger partial charge in [0.15, 0.2) is 11.4 Å². The highest BCUT2D eigenvalue weighted by Gasteiger charge is 2.50. The predicted molar refractivity (Wildman–Crippen MR) is 229 cm³/mol. The molecule has 9 atom stereocenters. The van der Waals surface area contributed by atoms with Gasteiger partial charge in [0, 0.05) is 79.9 Å². The maximum atomic E-state index is 14.7. The van der Waals surface area contributed by atoms with Gasteiger partial charge < -0.3 is 54.5 Å². The van der Waals surface area contributed by atoms with Gasteiger partial charge >= 0.3 is 11.8 Å². The fourth-order valence-electron chi connectivity index (χ4n) is 9.44. The lowest BCUT2D eigenvalue weighted by molar-refractivity contribution is -0.889. The number of rotatable bonds is 4. The van der Waals surface area contributed by atoms with Crippen LogP contribution in [0.1, 0.15) is 91.1 Å². The van der Waals surface area contributed by atoms with Gasteiger partial charge in [0.1, 0.15) is 28.6 Å². The molecule has 0 aliphatic carbocycles. The number of aromatic hydroxyl groups is 2. The topological polar surface area (TPSA) is 229 Å². The van der Waals surface area contributed by atoms with Crippen molar-refractivity contribution in [3.8, 4) is 17.2 Å². The number of quaternary nitrogens is 1. The van der Waals surface area contributed by atoms with Gasteiger partial charge in [-0.2, -0.15) is 0 Å². The molecule has 4 heterocycles. The van der Waals surface area contributed by atoms with Gasteiger partial charge in [0.25, 0.3) is 11.7 Å². The number of anilines is 1. The fraction of sp³-hybridized carbons (Fsp3) is 0.587. The molecule has 16 heteroatoms. The van der Waals surface area contributed by atoms with Crippen molar-refractivity contribution in [2.24, 2.45) is 39.6 Å². The zero-order valence-electron chi connectivity index (χ0n) is 37.5. The third kappa shape index (κ3) is 8.47. The van der Waals surface area contributed by atoms with E-state index in [2.05, 4.69) is 5.32 Å². The van der Waals surface area contributed by atoms with Crippen molar-refractivity contribution in [2.75, 3.05) is 32.1 Å². The van der Waals surface area contributed by atoms with Crippen molar-refractivity contribution in [1.82, 2.24) is 0 Å². The minimum atomic E-state index is -2.00. The summed E-state index contributed by atoms with van der Waals surface area (Å²) >= 11 is 0. The smallest absolute Gasteiger partial charge is 0.312 e. The zero-order chi connectivity index (χ0) is 45.8. The molecule has 2 aromatic rings. The third-order valence-electron chi connectivity index (χ3n) is 13.1. The molecule has 6 rings (SSSR count). The van der Waals surface area contributed by atoms with E-state index < -0.39 is 93.3 Å². The number of hydroxylamine groups is 3. The van der Waals surface area contributed by atoms with E-state index >= 15 is 0 Å². The van der Waals surface area contributed by atoms with Crippen LogP contribution in [0.4, 0.5) is 5.69 Å². The lowest BCUT2D eigenvalue weighted by Crippen LogP contribution is -2.54. The number of hydrogen-bond acceptors (Lipinski definition) is 14. The maximum absolute atomic E-state index is 14.7. The van der Waals surface area contributed by atoms with Crippen LogP contribution in [0.3, 0.4) is 0 Å². The van der Waals surface area contributed by atoms with E-state index in [4.69, 9.17) is 28.9 Å². The quantitative estimate of drug-likeness (QED) is 0.121. The molecule has 2 aromatic carbocycles. The van der Waals surface area contributed by atoms with Crippen LogP contribution in [0.5, 0.6) is 17.2 Å². The van der Waals surface area contributed by atoms with Crippen molar-refractivity contribution in [2.45, 2.75) is 118 Å². The molecule has 62 heavy (non-hydrogen) atoms. The van der Waals surface area contributed by atoms with Crippen LogP contribution in [0, 0.1) is 41.7 Å². The third-order valence-corrected chi connectivity index (χ3v) is 13.1. The fourth-order valence-corrected chi connectivity index (χ4v) is 9.44. The second-order valence-corrected chi connectivity index (χ2v) is 18.3. The molecule has 1 fully saturated rings. The second-order valence-electron chi connectivity index (χ2n) is 18.3. The highest BCUT2D eigenvalue weighted by atomic mass is 16.7. The van der Waals surface area contributed by atoms with Crippen LogP contribution in [-0.4, -0.2) is 105 Å². The number of phenolic OH excluding ortho intramolecular Hbond substituents is 2. The molecule has 0 saturated carbocycles. The number of allylic oxidation sites excluding steroid dienone is 2. The molecular formula is C46H62N4O12. The summed E-state index contributed by atoms with van der Waals surface area (Å²) in [7, 11) is 1.45. The summed E-state index contributed by atoms with van der Waals surface area (Å²) in [5.41, 5.74) is -0.980. The zero-order valence-corrected chi connectivity index (χ0v) is 37.5. The Kier molecular flexibility index (Phi) is 13.1. The molecule has 5 N–H and O–H groups in total. The van der Waals surface area contributed by atoms with E-state index in [1.54, 1.807) is 46.8 Å². The minimum Gasteiger partial charge on any atom is -0.633 e. The van der Waals surface area contributed by atoms with Crippen molar-refractivity contribution in [3.63, 3.8) is 0 Å². The van der Waals surface area contributed by atoms with Gasteiger partial charge in [-0.25, -0.2) is 0 Å². The van der Waals surface area contributed by atoms with E-state index in [0.717, 1.165) is 0 Å². The standard InChI is InChI=1S/C46H62N4O12/c1-22(2)21-50(58)18-16-46(17-19-50)48-34-31-32-39(54)28(8)42-33(31)43(56)45(10,62-42)60-20-15-30(59-11)25(5)41(61-29(9)51)27(7)38(53)26(6)37(52)23(3)13-12-14-24(4)44(57)47-36(40(32)55)35(34)49-46/h12-15,20,22-23,25-27,30,37-38,41,52-55H,16-19,21H2,1-11H3,(H,47,57). The van der Waals surface area contributed by atoms with E-state index in [1.807, 2.05) is 13.8 Å². The molecular weight excluding hydrogens is 801 g/mol. The summed E-state index contributed by atoms with van der Waals surface area (Å²) in [5.74, 6) is -7.12. The summed E-state index contributed by atoms with van der Waals surface area (Å²) in [5, 5.41) is 63.5. The first-order valence-electron chi connectivity index (χ1n) is 21.4. The Hall–Kier alpha value is -4.87. The maximum Gasteiger partial charge on any atom is 0.312 e. The number of ether oxygens (including phenoxy) is 4. The van der Waals surface area contributed by atoms with E-state index in [1.165, 1.54) is 46.3 Å². The summed E-state index contributed by atoms with van der Waals surface area (Å²) < 4.78 is 23.5. The van der Waals surface area contributed by atoms with E-state index in [-0.39, 0.29) is 81.5 Å². The number of fused-ring (bicyclic) bond motifs is 1. The van der Waals surface area contributed by atoms with Gasteiger partial charge in [-0.3, -0.25) is 24.4 Å². The van der Waals surface area contributed by atoms with Crippen LogP contribution < -0.4 is 20.8 Å². The Morgan fingerprint density at radius 2 is 1.63 bits per heavy atom. The van der Waals surface area contributed by atoms with Gasteiger partial charge in [0.2, 0.25) is 0 Å². The largest absolute Gasteiger partial charge is 0.633 e. The molecule has 4 aliphatic rings. The highest BCUT2D eigenvalue weighted by Crippen LogP contribution is 2.50. The van der Waals surface area contributed by atoms with Crippen LogP contribution in [0.2, 0.25) is 0 Å². The number of aliphatic hydroxyl groups is 2. The number of nitrogens with zero attached hydrogens (tertiary/aromatic N) is 3. The minimum absolute atomic E-state index is 0.00253. The number of carbonyl (C=O) groups is 3. The number of methoxy groups -OCH3 is 1. The molecule has 1 saturated heterocycles. The number of aliphatic hydroxyl groups excluding tert-OH is 2. The lowest BCUT2D eigenvalue weighted by Gasteiger charge is -2.49. The van der Waals surface area contributed by atoms with Gasteiger partial charge in [0.05, 0.1) is 60.5 Å². The molecule has 1 spiro atoms. The molecule has 0 radical (unpaired) electrons. The number of amides is 1. The summed E-state index contributed by atoms with van der Waals surface area (Å²) in [6, 6.07) is 0. The Labute approximate surface area is 361 Å². The average Bonchev–Trinajstić information content (AvgIpc) is 3.72. The van der Waals surface area contributed by atoms with Gasteiger partial charge in [-0.15, -0.1) is 0 Å². The molecule has 338 valence electrons. The average molecular weight is 863 g/mol. The highest BCUT2D eigenvalue weighted by molar-refractivity contribution is 6.19. The first-order valence-corrected chi connectivity index (χ1v) is 21.4. The Morgan fingerprint density at radius 1 is 0.984 bits per heavy atom. The monoisotopic (exact) mass is 862 g/mol. The lowest BCUT2D eigenvalue weighted by atomic mass is 9.78. The SMILES string of the molecule is COC1C=COC2(C)Oc3c(C)c(O)c4c(O)c(c5c(c4c3C2=O)=NC2(CC[N+]([O-])(CC(C)C)CC2)N=5)NC(=O)C(C)=CC=CC(C)C(O)C(C)C(O)C(C)C(OC(C)=O)C1C. The summed E-state index contributed by atoms with van der Waals surface area (Å²) in [6.07, 6.45) is 4.26. The number of esters is 1. The molecule has 4 aliphatic heterocycles. The van der Waals surface area contributed by atoms with E-state index in [0.29, 0.717) is 6.54 Å². The van der Waals surface area contributed by atoms with E-state index in [9.17, 15) is 40.0 Å². The number of carbonyl (C=O) groups excluding carboxylic acids is 3. The number of benzene rings is 2. The number of phenols is 2. The van der Waals surface area contributed by atoms with Crippen molar-refractivity contribution in [1.29, 1.82) is 0 Å². The normalized spacial score (nSPS) is 34.1. The number of ketones is 1. The molecule has 4 bridgehead atoms. The second kappa shape index (κ2) is 17.4. The predicted octanol–water partition coefficient (Wildman–Crippen LogP) is 4.76. The number of nitrogens with one attached hydrogen (secondary N) is 1. The summed E-state index contributed by atoms with van der Waals surface area (Å²) in [6.45, 7) is 17.6. The van der Waals surface area contributed by atoms with Gasteiger partial charge in [-0.05, 0) is 19.9 Å². The molecule has 0 aromatic heterocycles. The van der Waals surface area contributed by atoms with Crippen LogP contribution in [0.15, 0.2) is 46.1 Å². The number of likely N-dealkylation sites (tertiary alicyclic amines) is 1. The number of hydrogen-bond donors (Lipinski definition) is 5. The molecule has 16 nitrogen and oxygen atoms in total. The number of piperidine rings is 1. The van der Waals surface area contributed by atoms with Crippen LogP contribution in [0.25, 0.3) is 10.8 Å². The summed E-state index contributed by atoms with van der Waals surface area (Å²) in [4.78, 5) is 51.1. The Bertz CT molecular complexity index is 2350. The molecule has 9 unspecified atom stereocenters. The van der Waals surface area contributed by atoms with Crippen molar-refractivity contribution < 1.29 is 58.4 Å². The Morgan fingerprint density at radius 3 is 2.24 bits per heavy atom. The first-order chi connectivity index (χ1) is 29.0. The van der Waals surface area contributed by atoms with Crippen molar-refractivity contribution in [3.05, 3.63) is 63.2 Å².